The van der Waals surface area contributed by atoms with E-state index in [1.807, 2.05) is 0 Å². The van der Waals surface area contributed by atoms with Crippen molar-refractivity contribution in [3.05, 3.63) is 27.9 Å². The first-order chi connectivity index (χ1) is 7.91. The molecule has 1 atom stereocenters. The molecule has 0 aliphatic rings. The second-order valence-corrected chi connectivity index (χ2v) is 3.69. The minimum absolute atomic E-state index is 0.0221. The van der Waals surface area contributed by atoms with Gasteiger partial charge in [0.15, 0.2) is 5.82 Å². The van der Waals surface area contributed by atoms with E-state index in [-0.39, 0.29) is 12.4 Å². The zero-order valence-corrected chi connectivity index (χ0v) is 9.48. The SMILES string of the molecule is Cc1cnc(C(=O)NCC(C)C(=O)O)[nH]c1=O. The molecule has 0 aliphatic heterocycles. The number of carbonyl (C=O) groups excluding carboxylic acids is 1. The summed E-state index contributed by atoms with van der Waals surface area (Å²) in [6, 6.07) is 0. The molecule has 0 fully saturated rings. The fourth-order valence-electron chi connectivity index (χ4n) is 0.991. The predicted octanol–water partition coefficient (Wildman–Crippen LogP) is -0.471. The third kappa shape index (κ3) is 3.40. The fourth-order valence-corrected chi connectivity index (χ4v) is 0.991. The average Bonchev–Trinajstić information content (AvgIpc) is 2.28. The molecule has 1 heterocycles. The summed E-state index contributed by atoms with van der Waals surface area (Å²) >= 11 is 0. The molecule has 0 bridgehead atoms. The maximum absolute atomic E-state index is 11.5. The standard InChI is InChI=1S/C10H13N3O4/c1-5-3-11-7(13-8(5)14)9(15)12-4-6(2)10(16)17/h3,6H,4H2,1-2H3,(H,12,15)(H,16,17)(H,11,13,14). The zero-order chi connectivity index (χ0) is 13.0. The van der Waals surface area contributed by atoms with Crippen LogP contribution < -0.4 is 10.9 Å². The van der Waals surface area contributed by atoms with E-state index >= 15 is 0 Å². The molecule has 7 heteroatoms. The lowest BCUT2D eigenvalue weighted by Crippen LogP contribution is -2.33. The first-order valence-electron chi connectivity index (χ1n) is 4.98. The molecular weight excluding hydrogens is 226 g/mol. The van der Waals surface area contributed by atoms with Crippen LogP contribution in [0.15, 0.2) is 11.0 Å². The van der Waals surface area contributed by atoms with Gasteiger partial charge in [-0.1, -0.05) is 6.92 Å². The van der Waals surface area contributed by atoms with Gasteiger partial charge in [0, 0.05) is 18.3 Å². The van der Waals surface area contributed by atoms with Gasteiger partial charge in [0.2, 0.25) is 0 Å². The Hall–Kier alpha value is -2.18. The van der Waals surface area contributed by atoms with E-state index in [2.05, 4.69) is 15.3 Å². The van der Waals surface area contributed by atoms with E-state index < -0.39 is 23.4 Å². The molecule has 1 amide bonds. The number of aromatic nitrogens is 2. The molecule has 7 nitrogen and oxygen atoms in total. The monoisotopic (exact) mass is 239 g/mol. The first kappa shape index (κ1) is 12.9. The molecule has 1 unspecified atom stereocenters. The number of rotatable bonds is 4. The van der Waals surface area contributed by atoms with Crippen molar-refractivity contribution in [2.24, 2.45) is 5.92 Å². The van der Waals surface area contributed by atoms with Gasteiger partial charge < -0.3 is 15.4 Å². The highest BCUT2D eigenvalue weighted by Gasteiger charge is 2.14. The van der Waals surface area contributed by atoms with Crippen LogP contribution in [-0.2, 0) is 4.79 Å². The molecule has 0 aliphatic carbocycles. The average molecular weight is 239 g/mol. The number of H-pyrrole nitrogens is 1. The number of nitrogens with zero attached hydrogens (tertiary/aromatic N) is 1. The highest BCUT2D eigenvalue weighted by atomic mass is 16.4. The number of amides is 1. The number of aryl methyl sites for hydroxylation is 1. The van der Waals surface area contributed by atoms with E-state index in [1.54, 1.807) is 6.92 Å². The van der Waals surface area contributed by atoms with Gasteiger partial charge in [-0.3, -0.25) is 14.4 Å². The van der Waals surface area contributed by atoms with Crippen molar-refractivity contribution in [2.75, 3.05) is 6.54 Å². The lowest BCUT2D eigenvalue weighted by atomic mass is 10.2. The summed E-state index contributed by atoms with van der Waals surface area (Å²) < 4.78 is 0. The molecule has 1 aromatic heterocycles. The van der Waals surface area contributed by atoms with Gasteiger partial charge in [-0.2, -0.15) is 0 Å². The number of aromatic amines is 1. The molecule has 0 saturated carbocycles. The number of carboxylic acid groups (broad SMARTS) is 1. The Bertz CT molecular complexity index is 495. The molecule has 0 spiro atoms. The van der Waals surface area contributed by atoms with Crippen molar-refractivity contribution in [3.63, 3.8) is 0 Å². The summed E-state index contributed by atoms with van der Waals surface area (Å²) in [4.78, 5) is 39.3. The Labute approximate surface area is 96.9 Å². The summed E-state index contributed by atoms with van der Waals surface area (Å²) in [5, 5.41) is 11.0. The molecule has 0 radical (unpaired) electrons. The number of carbonyl (C=O) groups is 2. The van der Waals surface area contributed by atoms with Gasteiger partial charge in [0.25, 0.3) is 11.5 Å². The van der Waals surface area contributed by atoms with Gasteiger partial charge in [0.05, 0.1) is 5.92 Å². The minimum atomic E-state index is -1.00. The van der Waals surface area contributed by atoms with Crippen LogP contribution in [0.25, 0.3) is 0 Å². The minimum Gasteiger partial charge on any atom is -0.481 e. The lowest BCUT2D eigenvalue weighted by Gasteiger charge is -2.07. The molecule has 0 saturated heterocycles. The number of hydrogen-bond donors (Lipinski definition) is 3. The summed E-state index contributed by atoms with van der Waals surface area (Å²) in [5.41, 5.74) is 0.0110. The Morgan fingerprint density at radius 1 is 1.59 bits per heavy atom. The Morgan fingerprint density at radius 3 is 2.76 bits per heavy atom. The largest absolute Gasteiger partial charge is 0.481 e. The van der Waals surface area contributed by atoms with Crippen LogP contribution in [0, 0.1) is 12.8 Å². The van der Waals surface area contributed by atoms with Crippen molar-refractivity contribution >= 4 is 11.9 Å². The Morgan fingerprint density at radius 2 is 2.24 bits per heavy atom. The third-order valence-electron chi connectivity index (χ3n) is 2.18. The van der Waals surface area contributed by atoms with Gasteiger partial charge in [-0.05, 0) is 6.92 Å². The summed E-state index contributed by atoms with van der Waals surface area (Å²) in [7, 11) is 0. The van der Waals surface area contributed by atoms with Crippen LogP contribution in [-0.4, -0.2) is 33.5 Å². The number of nitrogens with one attached hydrogen (secondary N) is 2. The van der Waals surface area contributed by atoms with Crippen molar-refractivity contribution < 1.29 is 14.7 Å². The van der Waals surface area contributed by atoms with E-state index in [0.29, 0.717) is 5.56 Å². The Balaban J connectivity index is 2.67. The maximum atomic E-state index is 11.5. The second-order valence-electron chi connectivity index (χ2n) is 3.69. The van der Waals surface area contributed by atoms with E-state index in [0.717, 1.165) is 0 Å². The van der Waals surface area contributed by atoms with Crippen LogP contribution >= 0.6 is 0 Å². The highest BCUT2D eigenvalue weighted by molar-refractivity contribution is 5.90. The second kappa shape index (κ2) is 5.24. The van der Waals surface area contributed by atoms with E-state index in [9.17, 15) is 14.4 Å². The molecule has 17 heavy (non-hydrogen) atoms. The van der Waals surface area contributed by atoms with Gasteiger partial charge >= 0.3 is 5.97 Å². The quantitative estimate of drug-likeness (QED) is 0.657. The molecular formula is C10H13N3O4. The number of carboxylic acids is 1. The van der Waals surface area contributed by atoms with Crippen molar-refractivity contribution in [1.29, 1.82) is 0 Å². The Kier molecular flexibility index (Phi) is 3.97. The van der Waals surface area contributed by atoms with Gasteiger partial charge in [0.1, 0.15) is 0 Å². The van der Waals surface area contributed by atoms with Crippen molar-refractivity contribution in [2.45, 2.75) is 13.8 Å². The number of aliphatic carboxylic acids is 1. The summed E-state index contributed by atoms with van der Waals surface area (Å²) in [6.45, 7) is 3.01. The molecule has 3 N–H and O–H groups in total. The molecule has 1 aromatic rings. The fraction of sp³-hybridized carbons (Fsp3) is 0.400. The smallest absolute Gasteiger partial charge is 0.308 e. The molecule has 1 rings (SSSR count). The van der Waals surface area contributed by atoms with E-state index in [4.69, 9.17) is 5.11 Å². The highest BCUT2D eigenvalue weighted by Crippen LogP contribution is 1.93. The predicted molar refractivity (Wildman–Crippen MR) is 58.7 cm³/mol. The summed E-state index contributed by atoms with van der Waals surface area (Å²) in [5.74, 6) is -2.43. The normalized spacial score (nSPS) is 11.9. The van der Waals surface area contributed by atoms with Crippen LogP contribution in [0.1, 0.15) is 23.1 Å². The number of hydrogen-bond acceptors (Lipinski definition) is 4. The first-order valence-corrected chi connectivity index (χ1v) is 4.98. The topological polar surface area (TPSA) is 112 Å². The van der Waals surface area contributed by atoms with Crippen LogP contribution in [0.4, 0.5) is 0 Å². The van der Waals surface area contributed by atoms with Crippen LogP contribution in [0.3, 0.4) is 0 Å². The van der Waals surface area contributed by atoms with Crippen molar-refractivity contribution in [1.82, 2.24) is 15.3 Å². The third-order valence-corrected chi connectivity index (χ3v) is 2.18. The van der Waals surface area contributed by atoms with Gasteiger partial charge in [-0.25, -0.2) is 4.98 Å². The van der Waals surface area contributed by atoms with Crippen LogP contribution in [0.5, 0.6) is 0 Å². The van der Waals surface area contributed by atoms with E-state index in [1.165, 1.54) is 13.1 Å². The molecule has 0 aromatic carbocycles. The zero-order valence-electron chi connectivity index (χ0n) is 9.48. The maximum Gasteiger partial charge on any atom is 0.308 e. The van der Waals surface area contributed by atoms with Gasteiger partial charge in [-0.15, -0.1) is 0 Å². The lowest BCUT2D eigenvalue weighted by molar-refractivity contribution is -0.140. The van der Waals surface area contributed by atoms with Crippen LogP contribution in [0.2, 0.25) is 0 Å². The summed E-state index contributed by atoms with van der Waals surface area (Å²) in [6.07, 6.45) is 1.29. The van der Waals surface area contributed by atoms with Crippen molar-refractivity contribution in [3.8, 4) is 0 Å². The molecule has 92 valence electrons.